The maximum atomic E-state index is 3.84. The van der Waals surface area contributed by atoms with Gasteiger partial charge in [-0.1, -0.05) is 28.1 Å². The molecule has 0 aromatic rings. The van der Waals surface area contributed by atoms with Crippen molar-refractivity contribution < 1.29 is 0 Å². The third kappa shape index (κ3) is 2.22. The van der Waals surface area contributed by atoms with Crippen LogP contribution in [0.15, 0.2) is 12.2 Å². The number of nitrogens with one attached hydrogen (secondary N) is 1. The van der Waals surface area contributed by atoms with E-state index in [2.05, 4.69) is 38.3 Å². The molecule has 3 rings (SSSR count). The zero-order valence-electron chi connectivity index (χ0n) is 9.74. The predicted octanol–water partition coefficient (Wildman–Crippen LogP) is 2.50. The summed E-state index contributed by atoms with van der Waals surface area (Å²) in [6.07, 6.45) is 12.1. The highest BCUT2D eigenvalue weighted by Gasteiger charge is 2.36. The number of halogens is 1. The molecule has 3 aliphatic rings. The summed E-state index contributed by atoms with van der Waals surface area (Å²) in [7, 11) is 0. The monoisotopic (exact) mass is 284 g/mol. The number of rotatable bonds is 1. The van der Waals surface area contributed by atoms with Gasteiger partial charge in [0, 0.05) is 17.4 Å². The van der Waals surface area contributed by atoms with E-state index in [0.717, 1.165) is 5.92 Å². The van der Waals surface area contributed by atoms with Gasteiger partial charge in [0.25, 0.3) is 0 Å². The van der Waals surface area contributed by atoms with Crippen LogP contribution in [0.2, 0.25) is 0 Å². The topological polar surface area (TPSA) is 15.3 Å². The molecular weight excluding hydrogens is 264 g/mol. The third-order valence-electron chi connectivity index (χ3n) is 4.27. The van der Waals surface area contributed by atoms with Crippen molar-refractivity contribution in [2.45, 2.75) is 49.1 Å². The number of hydrogen-bond acceptors (Lipinski definition) is 2. The summed E-state index contributed by atoms with van der Waals surface area (Å²) in [6, 6.07) is 0.694. The third-order valence-corrected chi connectivity index (χ3v) is 5.02. The van der Waals surface area contributed by atoms with Crippen LogP contribution in [0, 0.1) is 5.92 Å². The SMILES string of the molecule is BrC1CC=CC(C2CN3CCCCC3N2)C1. The zero-order chi connectivity index (χ0) is 11.0. The lowest BCUT2D eigenvalue weighted by Crippen LogP contribution is -2.40. The number of fused-ring (bicyclic) bond motifs is 1. The lowest BCUT2D eigenvalue weighted by Gasteiger charge is -2.28. The van der Waals surface area contributed by atoms with Crippen molar-refractivity contribution in [3.63, 3.8) is 0 Å². The van der Waals surface area contributed by atoms with Crippen molar-refractivity contribution in [2.24, 2.45) is 5.92 Å². The normalized spacial score (nSPS) is 44.6. The Morgan fingerprint density at radius 1 is 1.31 bits per heavy atom. The maximum absolute atomic E-state index is 3.84. The first-order valence-corrected chi connectivity index (χ1v) is 7.55. The van der Waals surface area contributed by atoms with Crippen molar-refractivity contribution in [3.05, 3.63) is 12.2 Å². The van der Waals surface area contributed by atoms with Gasteiger partial charge in [0.05, 0.1) is 6.17 Å². The van der Waals surface area contributed by atoms with Gasteiger partial charge in [0.2, 0.25) is 0 Å². The molecule has 90 valence electrons. The molecule has 4 atom stereocenters. The van der Waals surface area contributed by atoms with E-state index in [9.17, 15) is 0 Å². The quantitative estimate of drug-likeness (QED) is 0.588. The first-order valence-electron chi connectivity index (χ1n) is 6.64. The molecule has 2 fully saturated rings. The Kier molecular flexibility index (Phi) is 3.37. The van der Waals surface area contributed by atoms with E-state index in [0.29, 0.717) is 17.0 Å². The summed E-state index contributed by atoms with van der Waals surface area (Å²) in [4.78, 5) is 3.35. The summed E-state index contributed by atoms with van der Waals surface area (Å²) in [5, 5.41) is 3.84. The van der Waals surface area contributed by atoms with Gasteiger partial charge < -0.3 is 0 Å². The second-order valence-corrected chi connectivity index (χ2v) is 6.74. The molecular formula is C13H21BrN2. The van der Waals surface area contributed by atoms with Crippen LogP contribution in [0.25, 0.3) is 0 Å². The number of nitrogens with zero attached hydrogens (tertiary/aromatic N) is 1. The van der Waals surface area contributed by atoms with Crippen LogP contribution in [-0.4, -0.2) is 35.0 Å². The molecule has 2 heterocycles. The Morgan fingerprint density at radius 2 is 2.25 bits per heavy atom. The molecule has 0 spiro atoms. The number of alkyl halides is 1. The van der Waals surface area contributed by atoms with Crippen molar-refractivity contribution in [3.8, 4) is 0 Å². The minimum Gasteiger partial charge on any atom is -0.297 e. The Balaban J connectivity index is 1.64. The van der Waals surface area contributed by atoms with Crippen LogP contribution in [0.1, 0.15) is 32.1 Å². The standard InChI is InChI=1S/C13H21BrN2/c14-11-5-3-4-10(8-11)12-9-16-7-2-1-6-13(16)15-12/h3-4,10-13,15H,1-2,5-9H2. The van der Waals surface area contributed by atoms with Gasteiger partial charge in [0.15, 0.2) is 0 Å². The average molecular weight is 285 g/mol. The molecule has 0 bridgehead atoms. The van der Waals surface area contributed by atoms with E-state index in [1.165, 1.54) is 45.2 Å². The van der Waals surface area contributed by atoms with Crippen LogP contribution in [0.4, 0.5) is 0 Å². The number of allylic oxidation sites excluding steroid dienone is 1. The first-order chi connectivity index (χ1) is 7.83. The molecule has 0 radical (unpaired) electrons. The molecule has 0 saturated carbocycles. The average Bonchev–Trinajstić information content (AvgIpc) is 2.72. The van der Waals surface area contributed by atoms with Crippen LogP contribution in [-0.2, 0) is 0 Å². The minimum atomic E-state index is 0.683. The molecule has 4 unspecified atom stereocenters. The van der Waals surface area contributed by atoms with E-state index in [4.69, 9.17) is 0 Å². The summed E-state index contributed by atoms with van der Waals surface area (Å²) in [5.41, 5.74) is 0. The molecule has 2 saturated heterocycles. The van der Waals surface area contributed by atoms with Crippen molar-refractivity contribution in [1.29, 1.82) is 0 Å². The molecule has 0 aromatic carbocycles. The Bertz CT molecular complexity index is 265. The van der Waals surface area contributed by atoms with E-state index in [1.54, 1.807) is 0 Å². The smallest absolute Gasteiger partial charge is 0.0600 e. The Morgan fingerprint density at radius 3 is 3.06 bits per heavy atom. The number of hydrogen-bond donors (Lipinski definition) is 1. The van der Waals surface area contributed by atoms with Gasteiger partial charge in [-0.15, -0.1) is 0 Å². The van der Waals surface area contributed by atoms with E-state index in [1.807, 2.05) is 0 Å². The summed E-state index contributed by atoms with van der Waals surface area (Å²) in [5.74, 6) is 0.740. The second kappa shape index (κ2) is 4.79. The fourth-order valence-electron chi connectivity index (χ4n) is 3.38. The molecule has 1 N–H and O–H groups in total. The number of piperidine rings is 1. The van der Waals surface area contributed by atoms with Gasteiger partial charge in [-0.25, -0.2) is 0 Å². The van der Waals surface area contributed by atoms with Gasteiger partial charge >= 0.3 is 0 Å². The highest BCUT2D eigenvalue weighted by molar-refractivity contribution is 9.09. The Labute approximate surface area is 107 Å². The molecule has 3 heteroatoms. The first kappa shape index (κ1) is 11.2. The predicted molar refractivity (Wildman–Crippen MR) is 70.7 cm³/mol. The summed E-state index contributed by atoms with van der Waals surface area (Å²) in [6.45, 7) is 2.57. The van der Waals surface area contributed by atoms with Crippen LogP contribution < -0.4 is 5.32 Å². The van der Waals surface area contributed by atoms with Crippen LogP contribution in [0.3, 0.4) is 0 Å². The maximum Gasteiger partial charge on any atom is 0.0600 e. The lowest BCUT2D eigenvalue weighted by atomic mass is 9.89. The summed E-state index contributed by atoms with van der Waals surface area (Å²) < 4.78 is 0. The van der Waals surface area contributed by atoms with Crippen LogP contribution >= 0.6 is 15.9 Å². The van der Waals surface area contributed by atoms with Crippen molar-refractivity contribution in [2.75, 3.05) is 13.1 Å². The minimum absolute atomic E-state index is 0.683. The fraction of sp³-hybridized carbons (Fsp3) is 0.846. The van der Waals surface area contributed by atoms with Gasteiger partial charge in [-0.2, -0.15) is 0 Å². The molecule has 1 aliphatic carbocycles. The van der Waals surface area contributed by atoms with E-state index >= 15 is 0 Å². The lowest BCUT2D eigenvalue weighted by molar-refractivity contribution is 0.186. The molecule has 16 heavy (non-hydrogen) atoms. The fourth-order valence-corrected chi connectivity index (χ4v) is 4.03. The van der Waals surface area contributed by atoms with Crippen molar-refractivity contribution in [1.82, 2.24) is 10.2 Å². The second-order valence-electron chi connectivity index (χ2n) is 5.44. The van der Waals surface area contributed by atoms with Gasteiger partial charge in [-0.3, -0.25) is 10.2 Å². The van der Waals surface area contributed by atoms with Crippen LogP contribution in [0.5, 0.6) is 0 Å². The zero-order valence-corrected chi connectivity index (χ0v) is 11.3. The highest BCUT2D eigenvalue weighted by atomic mass is 79.9. The summed E-state index contributed by atoms with van der Waals surface area (Å²) >= 11 is 3.76. The van der Waals surface area contributed by atoms with Gasteiger partial charge in [0.1, 0.15) is 0 Å². The molecule has 0 aromatic heterocycles. The van der Waals surface area contributed by atoms with E-state index < -0.39 is 0 Å². The molecule has 2 aliphatic heterocycles. The largest absolute Gasteiger partial charge is 0.297 e. The molecule has 2 nitrogen and oxygen atoms in total. The van der Waals surface area contributed by atoms with E-state index in [-0.39, 0.29) is 0 Å². The molecule has 0 amide bonds. The highest BCUT2D eigenvalue weighted by Crippen LogP contribution is 2.30. The van der Waals surface area contributed by atoms with Crippen molar-refractivity contribution >= 4 is 15.9 Å². The Hall–Kier alpha value is 0.140. The van der Waals surface area contributed by atoms with Gasteiger partial charge in [-0.05, 0) is 44.6 Å².